The van der Waals surface area contributed by atoms with Crippen LogP contribution in [0.2, 0.25) is 0 Å². The molecule has 0 aromatic heterocycles. The first-order chi connectivity index (χ1) is 7.25. The molecule has 0 radical (unpaired) electrons. The molecule has 1 aromatic carbocycles. The topological polar surface area (TPSA) is 17.3 Å². The maximum Gasteiger partial charge on any atom is 1.00 e. The van der Waals surface area contributed by atoms with Crippen molar-refractivity contribution in [1.29, 1.82) is 0 Å². The number of likely N-dealkylation sites (N-methyl/N-ethyl adjacent to an activating group) is 1. The van der Waals surface area contributed by atoms with E-state index in [1.54, 1.807) is 0 Å². The second kappa shape index (κ2) is 6.47. The zero-order chi connectivity index (χ0) is 10.7. The van der Waals surface area contributed by atoms with Gasteiger partial charge >= 0.3 is 18.9 Å². The van der Waals surface area contributed by atoms with Gasteiger partial charge in [-0.15, -0.1) is 12.1 Å². The molecule has 1 aliphatic rings. The summed E-state index contributed by atoms with van der Waals surface area (Å²) in [5.74, 6) is 0. The molecule has 16 heavy (non-hydrogen) atoms. The molecule has 0 saturated carbocycles. The van der Waals surface area contributed by atoms with Crippen LogP contribution in [0.1, 0.15) is 24.9 Å². The van der Waals surface area contributed by atoms with Crippen LogP contribution in [-0.2, 0) is 0 Å². The van der Waals surface area contributed by atoms with Crippen LogP contribution < -0.4 is 18.9 Å². The number of nitrogens with zero attached hydrogens (tertiary/aromatic N) is 2. The van der Waals surface area contributed by atoms with Gasteiger partial charge in [-0.3, -0.25) is 0 Å². The van der Waals surface area contributed by atoms with Crippen LogP contribution in [0.3, 0.4) is 0 Å². The van der Waals surface area contributed by atoms with Gasteiger partial charge in [0.15, 0.2) is 0 Å². The normalized spacial score (nSPS) is 22.8. The summed E-state index contributed by atoms with van der Waals surface area (Å²) in [5.41, 5.74) is 1.33. The standard InChI is InChI=1S/C13H19N2.Li/c1-11(12-6-4-3-5-7-12)14-13-8-9-15(2)10-13;/h3-7,11,13H,8-10H2,1-2H3;/q-1;+1/t11-,13?;/m1./s1. The molecule has 0 N–H and O–H groups in total. The predicted molar refractivity (Wildman–Crippen MR) is 64.1 cm³/mol. The number of benzene rings is 1. The first-order valence-corrected chi connectivity index (χ1v) is 5.69. The monoisotopic (exact) mass is 210 g/mol. The molecular weight excluding hydrogens is 191 g/mol. The van der Waals surface area contributed by atoms with Crippen molar-refractivity contribution in [3.8, 4) is 0 Å². The van der Waals surface area contributed by atoms with Crippen LogP contribution in [0.5, 0.6) is 0 Å². The van der Waals surface area contributed by atoms with Gasteiger partial charge in [-0.2, -0.15) is 0 Å². The molecule has 2 atom stereocenters. The van der Waals surface area contributed by atoms with Crippen LogP contribution in [-0.4, -0.2) is 31.1 Å². The molecule has 1 saturated heterocycles. The van der Waals surface area contributed by atoms with Crippen LogP contribution in [0.25, 0.3) is 5.32 Å². The number of hydrogen-bond acceptors (Lipinski definition) is 1. The summed E-state index contributed by atoms with van der Waals surface area (Å²) >= 11 is 0. The summed E-state index contributed by atoms with van der Waals surface area (Å²) in [6, 6.07) is 11.4. The molecule has 0 spiro atoms. The number of likely N-dealkylation sites (tertiary alicyclic amines) is 1. The molecule has 0 bridgehead atoms. The molecule has 1 heterocycles. The van der Waals surface area contributed by atoms with E-state index in [-0.39, 0.29) is 18.9 Å². The van der Waals surface area contributed by atoms with Crippen molar-refractivity contribution in [2.24, 2.45) is 0 Å². The van der Waals surface area contributed by atoms with Gasteiger partial charge < -0.3 is 10.2 Å². The van der Waals surface area contributed by atoms with Crippen molar-refractivity contribution in [3.63, 3.8) is 0 Å². The van der Waals surface area contributed by atoms with Crippen LogP contribution in [0.4, 0.5) is 0 Å². The van der Waals surface area contributed by atoms with E-state index in [1.165, 1.54) is 18.5 Å². The quantitative estimate of drug-likeness (QED) is 0.633. The van der Waals surface area contributed by atoms with E-state index in [0.29, 0.717) is 12.1 Å². The molecule has 1 unspecified atom stereocenters. The summed E-state index contributed by atoms with van der Waals surface area (Å²) in [4.78, 5) is 2.35. The summed E-state index contributed by atoms with van der Waals surface area (Å²) in [7, 11) is 2.17. The third kappa shape index (κ3) is 3.64. The van der Waals surface area contributed by atoms with Gasteiger partial charge in [-0.25, -0.2) is 0 Å². The van der Waals surface area contributed by atoms with Crippen molar-refractivity contribution in [2.45, 2.75) is 25.4 Å². The zero-order valence-corrected chi connectivity index (χ0v) is 10.6. The molecule has 2 rings (SSSR count). The Morgan fingerprint density at radius 3 is 2.56 bits per heavy atom. The first-order valence-electron chi connectivity index (χ1n) is 5.69. The SMILES string of the molecule is C[C@@H]([N-]C1CCN(C)C1)c1ccccc1.[Li+]. The molecule has 0 amide bonds. The Balaban J connectivity index is 0.00000128. The maximum atomic E-state index is 4.85. The van der Waals surface area contributed by atoms with E-state index in [2.05, 4.69) is 49.2 Å². The fourth-order valence-electron chi connectivity index (χ4n) is 2.17. The average molecular weight is 210 g/mol. The number of hydrogen-bond donors (Lipinski definition) is 0. The number of rotatable bonds is 3. The van der Waals surface area contributed by atoms with Crippen molar-refractivity contribution < 1.29 is 18.9 Å². The molecular formula is C13H19LiN2. The van der Waals surface area contributed by atoms with Gasteiger partial charge in [0, 0.05) is 0 Å². The van der Waals surface area contributed by atoms with Gasteiger partial charge in [-0.1, -0.05) is 49.2 Å². The van der Waals surface area contributed by atoms with Gasteiger partial charge in [0.1, 0.15) is 0 Å². The van der Waals surface area contributed by atoms with Gasteiger partial charge in [-0.05, 0) is 20.1 Å². The maximum absolute atomic E-state index is 4.85. The minimum absolute atomic E-state index is 0. The zero-order valence-electron chi connectivity index (χ0n) is 10.6. The molecule has 1 aliphatic heterocycles. The summed E-state index contributed by atoms with van der Waals surface area (Å²) < 4.78 is 0. The fourth-order valence-corrected chi connectivity index (χ4v) is 2.17. The van der Waals surface area contributed by atoms with E-state index in [1.807, 2.05) is 0 Å². The molecule has 0 aliphatic carbocycles. The molecule has 82 valence electrons. The molecule has 1 fully saturated rings. The second-order valence-electron chi connectivity index (χ2n) is 4.44. The molecule has 3 heteroatoms. The average Bonchev–Trinajstić information content (AvgIpc) is 2.65. The van der Waals surface area contributed by atoms with E-state index in [9.17, 15) is 0 Å². The molecule has 1 aromatic rings. The Bertz CT molecular complexity index is 302. The largest absolute Gasteiger partial charge is 1.00 e. The third-order valence-corrected chi connectivity index (χ3v) is 3.08. The van der Waals surface area contributed by atoms with E-state index in [0.717, 1.165) is 6.54 Å². The Morgan fingerprint density at radius 2 is 2.00 bits per heavy atom. The minimum atomic E-state index is 0. The summed E-state index contributed by atoms with van der Waals surface area (Å²) in [6.45, 7) is 4.50. The summed E-state index contributed by atoms with van der Waals surface area (Å²) in [6.07, 6.45) is 1.22. The smallest absolute Gasteiger partial charge is 0.652 e. The predicted octanol–water partition coefficient (Wildman–Crippen LogP) is -0.171. The molecule has 2 nitrogen and oxygen atoms in total. The van der Waals surface area contributed by atoms with Crippen LogP contribution >= 0.6 is 0 Å². The fraction of sp³-hybridized carbons (Fsp3) is 0.538. The first kappa shape index (κ1) is 13.8. The Morgan fingerprint density at radius 1 is 1.31 bits per heavy atom. The van der Waals surface area contributed by atoms with Crippen LogP contribution in [0, 0.1) is 0 Å². The van der Waals surface area contributed by atoms with E-state index in [4.69, 9.17) is 5.32 Å². The van der Waals surface area contributed by atoms with E-state index < -0.39 is 0 Å². The minimum Gasteiger partial charge on any atom is -0.652 e. The second-order valence-corrected chi connectivity index (χ2v) is 4.44. The third-order valence-electron chi connectivity index (χ3n) is 3.08. The summed E-state index contributed by atoms with van der Waals surface area (Å²) in [5, 5.41) is 4.85. The van der Waals surface area contributed by atoms with Crippen molar-refractivity contribution in [1.82, 2.24) is 4.90 Å². The van der Waals surface area contributed by atoms with Gasteiger partial charge in [0.05, 0.1) is 0 Å². The van der Waals surface area contributed by atoms with Crippen LogP contribution in [0.15, 0.2) is 30.3 Å². The van der Waals surface area contributed by atoms with Gasteiger partial charge in [0.2, 0.25) is 0 Å². The van der Waals surface area contributed by atoms with Gasteiger partial charge in [0.25, 0.3) is 0 Å². The van der Waals surface area contributed by atoms with Crippen molar-refractivity contribution in [3.05, 3.63) is 41.2 Å². The van der Waals surface area contributed by atoms with Crippen molar-refractivity contribution in [2.75, 3.05) is 20.1 Å². The Labute approximate surface area is 111 Å². The Hall–Kier alpha value is -0.263. The van der Waals surface area contributed by atoms with E-state index >= 15 is 0 Å². The Kier molecular flexibility index (Phi) is 5.58. The van der Waals surface area contributed by atoms with Crippen molar-refractivity contribution >= 4 is 0 Å².